The quantitative estimate of drug-likeness (QED) is 0.202. The third kappa shape index (κ3) is 7.58. The van der Waals surface area contributed by atoms with Crippen LogP contribution in [-0.4, -0.2) is 47.6 Å². The Balaban J connectivity index is 2.16. The summed E-state index contributed by atoms with van der Waals surface area (Å²) in [5, 5.41) is 12.1. The molecule has 1 heterocycles. The predicted octanol–water partition coefficient (Wildman–Crippen LogP) is 3.78. The number of nitrogens with one attached hydrogen (secondary N) is 1. The van der Waals surface area contributed by atoms with Crippen LogP contribution in [0, 0.1) is 11.2 Å². The van der Waals surface area contributed by atoms with E-state index in [0.29, 0.717) is 44.3 Å². The highest BCUT2D eigenvalue weighted by atomic mass is 32.1. The van der Waals surface area contributed by atoms with Crippen molar-refractivity contribution >= 4 is 29.2 Å². The number of carboxylic acid groups (broad SMARTS) is 1. The van der Waals surface area contributed by atoms with Gasteiger partial charge in [-0.25, -0.2) is 9.18 Å². The van der Waals surface area contributed by atoms with Gasteiger partial charge in [0.05, 0.1) is 5.41 Å². The van der Waals surface area contributed by atoms with Crippen LogP contribution >= 0.6 is 11.3 Å². The van der Waals surface area contributed by atoms with E-state index in [4.69, 9.17) is 10.5 Å². The molecule has 4 N–H and O–H groups in total. The summed E-state index contributed by atoms with van der Waals surface area (Å²) < 4.78 is 19.6. The van der Waals surface area contributed by atoms with Crippen molar-refractivity contribution in [3.8, 4) is 5.75 Å². The Morgan fingerprint density at radius 1 is 1.17 bits per heavy atom. The molecule has 192 valence electrons. The van der Waals surface area contributed by atoms with Gasteiger partial charge in [-0.2, -0.15) is 0 Å². The van der Waals surface area contributed by atoms with Gasteiger partial charge in [0.1, 0.15) is 11.4 Å². The van der Waals surface area contributed by atoms with Crippen molar-refractivity contribution in [3.63, 3.8) is 0 Å². The Labute approximate surface area is 209 Å². The molecule has 10 heteroatoms. The number of aliphatic carboxylic acids is 1. The largest absolute Gasteiger partial charge is 0.480 e. The number of rotatable bonds is 14. The smallest absolute Gasteiger partial charge is 0.353 e. The lowest BCUT2D eigenvalue weighted by atomic mass is 9.77. The van der Waals surface area contributed by atoms with Crippen molar-refractivity contribution < 1.29 is 28.6 Å². The molecule has 0 saturated heterocycles. The van der Waals surface area contributed by atoms with E-state index >= 15 is 0 Å². The summed E-state index contributed by atoms with van der Waals surface area (Å²) in [6, 6.07) is 7.69. The first-order valence-corrected chi connectivity index (χ1v) is 12.5. The van der Waals surface area contributed by atoms with Gasteiger partial charge in [0.25, 0.3) is 0 Å². The molecule has 35 heavy (non-hydrogen) atoms. The minimum atomic E-state index is -1.05. The van der Waals surface area contributed by atoms with Gasteiger partial charge in [-0.3, -0.25) is 9.59 Å². The Hall–Kier alpha value is -2.82. The van der Waals surface area contributed by atoms with Gasteiger partial charge in [0.15, 0.2) is 11.6 Å². The highest BCUT2D eigenvalue weighted by Crippen LogP contribution is 2.36. The van der Waals surface area contributed by atoms with Gasteiger partial charge >= 0.3 is 11.9 Å². The molecule has 0 spiro atoms. The number of esters is 1. The van der Waals surface area contributed by atoms with E-state index in [1.807, 2.05) is 20.8 Å². The van der Waals surface area contributed by atoms with Crippen LogP contribution in [0.4, 0.5) is 4.39 Å². The van der Waals surface area contributed by atoms with Crippen LogP contribution in [-0.2, 0) is 22.6 Å². The van der Waals surface area contributed by atoms with E-state index in [0.717, 1.165) is 4.88 Å². The number of carbonyl (C=O) groups excluding carboxylic acids is 2. The van der Waals surface area contributed by atoms with Crippen LogP contribution in [0.15, 0.2) is 30.3 Å². The fourth-order valence-electron chi connectivity index (χ4n) is 3.92. The fourth-order valence-corrected chi connectivity index (χ4v) is 4.95. The molecular formula is C25H34FN3O5S. The molecule has 8 nitrogen and oxygen atoms in total. The van der Waals surface area contributed by atoms with Crippen LogP contribution in [0.25, 0.3) is 0 Å². The minimum Gasteiger partial charge on any atom is -0.480 e. The van der Waals surface area contributed by atoms with Crippen LogP contribution in [0.1, 0.15) is 60.1 Å². The van der Waals surface area contributed by atoms with Crippen molar-refractivity contribution in [1.82, 2.24) is 10.2 Å². The van der Waals surface area contributed by atoms with E-state index < -0.39 is 23.2 Å². The SMILES string of the molecule is CCCN(CC(=O)O)C(=O)C(CC)(CC)Cc1ccc(C(=O)Oc2ccc(CNCN)cc2F)s1. The molecule has 0 radical (unpaired) electrons. The van der Waals surface area contributed by atoms with Crippen LogP contribution in [0.3, 0.4) is 0 Å². The number of halogens is 1. The molecule has 1 amide bonds. The average Bonchev–Trinajstić information content (AvgIpc) is 3.30. The molecular weight excluding hydrogens is 473 g/mol. The van der Waals surface area contributed by atoms with Crippen LogP contribution < -0.4 is 15.8 Å². The summed E-state index contributed by atoms with van der Waals surface area (Å²) in [4.78, 5) is 39.8. The summed E-state index contributed by atoms with van der Waals surface area (Å²) in [7, 11) is 0. The number of ether oxygens (including phenoxy) is 1. The average molecular weight is 508 g/mol. The highest BCUT2D eigenvalue weighted by Gasteiger charge is 2.39. The number of hydrogen-bond acceptors (Lipinski definition) is 7. The number of benzene rings is 1. The van der Waals surface area contributed by atoms with Gasteiger partial charge in [0, 0.05) is 24.6 Å². The van der Waals surface area contributed by atoms with Crippen LogP contribution in [0.2, 0.25) is 0 Å². The second-order valence-electron chi connectivity index (χ2n) is 8.34. The lowest BCUT2D eigenvalue weighted by Crippen LogP contribution is -2.47. The first-order chi connectivity index (χ1) is 16.7. The van der Waals surface area contributed by atoms with Crippen molar-refractivity contribution in [1.29, 1.82) is 0 Å². The van der Waals surface area contributed by atoms with E-state index in [1.54, 1.807) is 18.2 Å². The number of carbonyl (C=O) groups is 3. The van der Waals surface area contributed by atoms with Gasteiger partial charge in [-0.05, 0) is 55.5 Å². The fraction of sp³-hybridized carbons (Fsp3) is 0.480. The first-order valence-electron chi connectivity index (χ1n) is 11.7. The van der Waals surface area contributed by atoms with Crippen molar-refractivity contribution in [3.05, 3.63) is 51.5 Å². The molecule has 2 aromatic rings. The molecule has 0 atom stereocenters. The zero-order valence-electron chi connectivity index (χ0n) is 20.4. The van der Waals surface area contributed by atoms with Crippen molar-refractivity contribution in [2.75, 3.05) is 19.8 Å². The second kappa shape index (κ2) is 13.3. The minimum absolute atomic E-state index is 0.169. The van der Waals surface area contributed by atoms with E-state index in [2.05, 4.69) is 5.32 Å². The van der Waals surface area contributed by atoms with Gasteiger partial charge < -0.3 is 25.8 Å². The summed E-state index contributed by atoms with van der Waals surface area (Å²) >= 11 is 1.19. The molecule has 2 rings (SSSR count). The Morgan fingerprint density at radius 2 is 1.89 bits per heavy atom. The third-order valence-electron chi connectivity index (χ3n) is 5.96. The molecule has 0 aliphatic carbocycles. The zero-order valence-corrected chi connectivity index (χ0v) is 21.3. The number of hydrogen-bond donors (Lipinski definition) is 3. The first kappa shape index (κ1) is 28.4. The van der Waals surface area contributed by atoms with E-state index in [1.165, 1.54) is 28.4 Å². The summed E-state index contributed by atoms with van der Waals surface area (Å²) in [6.07, 6.45) is 2.07. The third-order valence-corrected chi connectivity index (χ3v) is 7.03. The molecule has 1 aromatic carbocycles. The zero-order chi connectivity index (χ0) is 26.0. The maximum atomic E-state index is 14.4. The van der Waals surface area contributed by atoms with Gasteiger partial charge in [0.2, 0.25) is 5.91 Å². The van der Waals surface area contributed by atoms with Crippen molar-refractivity contribution in [2.45, 2.75) is 53.0 Å². The summed E-state index contributed by atoms with van der Waals surface area (Å²) in [5.74, 6) is -2.75. The number of carboxylic acids is 1. The maximum Gasteiger partial charge on any atom is 0.353 e. The predicted molar refractivity (Wildman–Crippen MR) is 133 cm³/mol. The Bertz CT molecular complexity index is 1020. The molecule has 0 aliphatic heterocycles. The molecule has 0 fully saturated rings. The summed E-state index contributed by atoms with van der Waals surface area (Å²) in [5.41, 5.74) is 5.27. The Morgan fingerprint density at radius 3 is 2.46 bits per heavy atom. The van der Waals surface area contributed by atoms with Crippen molar-refractivity contribution in [2.24, 2.45) is 11.1 Å². The van der Waals surface area contributed by atoms with Gasteiger partial charge in [-0.1, -0.05) is 26.8 Å². The molecule has 1 aromatic heterocycles. The van der Waals surface area contributed by atoms with E-state index in [-0.39, 0.29) is 29.7 Å². The maximum absolute atomic E-state index is 14.4. The Kier molecular flexibility index (Phi) is 10.8. The second-order valence-corrected chi connectivity index (χ2v) is 9.50. The molecule has 0 unspecified atom stereocenters. The number of nitrogens with two attached hydrogens (primary N) is 1. The topological polar surface area (TPSA) is 122 Å². The molecule has 0 saturated carbocycles. The summed E-state index contributed by atoms with van der Waals surface area (Å²) in [6.45, 7) is 6.39. The standard InChI is InChI=1S/C25H34FN3O5S/c1-4-11-29(15-22(30)31)24(33)25(5-2,6-3)13-18-8-10-21(35-18)23(32)34-20-9-7-17(12-19(20)26)14-28-16-27/h7-10,12,28H,4-6,11,13-16,27H2,1-3H3,(H,30,31). The monoisotopic (exact) mass is 507 g/mol. The lowest BCUT2D eigenvalue weighted by molar-refractivity contribution is -0.150. The lowest BCUT2D eigenvalue weighted by Gasteiger charge is -2.35. The molecule has 0 bridgehead atoms. The highest BCUT2D eigenvalue weighted by molar-refractivity contribution is 7.14. The number of thiophene rings is 1. The normalized spacial score (nSPS) is 11.3. The van der Waals surface area contributed by atoms with Gasteiger partial charge in [-0.15, -0.1) is 11.3 Å². The number of nitrogens with zero attached hydrogens (tertiary/aromatic N) is 1. The van der Waals surface area contributed by atoms with E-state index in [9.17, 15) is 23.9 Å². The van der Waals surface area contributed by atoms with Crippen LogP contribution in [0.5, 0.6) is 5.75 Å². The molecule has 0 aliphatic rings. The number of amides is 1.